The van der Waals surface area contributed by atoms with E-state index >= 15 is 0 Å². The van der Waals surface area contributed by atoms with Crippen LogP contribution in [0.25, 0.3) is 10.8 Å². The molecule has 2 aromatic rings. The normalized spacial score (nSPS) is 10.8. The summed E-state index contributed by atoms with van der Waals surface area (Å²) in [5, 5.41) is 19.5. The van der Waals surface area contributed by atoms with E-state index in [1.807, 2.05) is 0 Å². The second kappa shape index (κ2) is 4.10. The zero-order chi connectivity index (χ0) is 12.6. The topological polar surface area (TPSA) is 79.9 Å². The number of aliphatic hydroxyl groups excluding tert-OH is 1. The molecule has 0 amide bonds. The highest BCUT2D eigenvalue weighted by Crippen LogP contribution is 2.31. The number of aryl methyl sites for hydroxylation is 1. The van der Waals surface area contributed by atoms with Crippen molar-refractivity contribution in [1.29, 1.82) is 0 Å². The zero-order valence-corrected chi connectivity index (χ0v) is 9.48. The van der Waals surface area contributed by atoms with Crippen LogP contribution in [0.5, 0.6) is 11.5 Å². The lowest BCUT2D eigenvalue weighted by Crippen LogP contribution is -2.06. The van der Waals surface area contributed by atoms with E-state index in [0.717, 1.165) is 0 Å². The smallest absolute Gasteiger partial charge is 0.347 e. The Morgan fingerprint density at radius 2 is 2.12 bits per heavy atom. The molecule has 0 unspecified atom stereocenters. The highest BCUT2D eigenvalue weighted by molar-refractivity contribution is 5.91. The maximum absolute atomic E-state index is 11.7. The molecule has 5 heteroatoms. The van der Waals surface area contributed by atoms with E-state index in [1.165, 1.54) is 19.2 Å². The van der Waals surface area contributed by atoms with E-state index in [0.29, 0.717) is 16.7 Å². The first-order valence-corrected chi connectivity index (χ1v) is 5.02. The molecular formula is C12H12O5. The van der Waals surface area contributed by atoms with E-state index in [2.05, 4.69) is 0 Å². The third-order valence-electron chi connectivity index (χ3n) is 2.66. The fourth-order valence-electron chi connectivity index (χ4n) is 1.85. The van der Waals surface area contributed by atoms with E-state index in [9.17, 15) is 15.0 Å². The number of aliphatic hydroxyl groups is 1. The van der Waals surface area contributed by atoms with Crippen molar-refractivity contribution < 1.29 is 19.4 Å². The zero-order valence-electron chi connectivity index (χ0n) is 9.48. The van der Waals surface area contributed by atoms with Crippen molar-refractivity contribution in [2.45, 2.75) is 13.5 Å². The number of phenols is 1. The van der Waals surface area contributed by atoms with Gasteiger partial charge in [-0.2, -0.15) is 0 Å². The average Bonchev–Trinajstić information content (AvgIpc) is 2.27. The molecule has 0 aliphatic heterocycles. The molecule has 0 fully saturated rings. The quantitative estimate of drug-likeness (QED) is 0.821. The minimum Gasteiger partial charge on any atom is -0.508 e. The van der Waals surface area contributed by atoms with Crippen LogP contribution in [-0.4, -0.2) is 17.3 Å². The van der Waals surface area contributed by atoms with Crippen LogP contribution >= 0.6 is 0 Å². The van der Waals surface area contributed by atoms with Crippen LogP contribution in [0, 0.1) is 6.92 Å². The van der Waals surface area contributed by atoms with E-state index in [1.54, 1.807) is 6.92 Å². The van der Waals surface area contributed by atoms with Crippen LogP contribution < -0.4 is 10.4 Å². The van der Waals surface area contributed by atoms with Gasteiger partial charge >= 0.3 is 5.63 Å². The van der Waals surface area contributed by atoms with Gasteiger partial charge in [-0.05, 0) is 13.0 Å². The lowest BCUT2D eigenvalue weighted by molar-refractivity contribution is 0.277. The number of phenolic OH excluding ortho intramolecular Hbond substituents is 1. The van der Waals surface area contributed by atoms with Crippen molar-refractivity contribution in [3.63, 3.8) is 0 Å². The van der Waals surface area contributed by atoms with E-state index < -0.39 is 5.63 Å². The molecule has 2 N–H and O–H groups in total. The van der Waals surface area contributed by atoms with Gasteiger partial charge in [0.15, 0.2) is 0 Å². The first kappa shape index (κ1) is 11.5. The van der Waals surface area contributed by atoms with Crippen molar-refractivity contribution in [2.75, 3.05) is 7.11 Å². The molecule has 1 heterocycles. The molecule has 0 aliphatic rings. The van der Waals surface area contributed by atoms with Gasteiger partial charge < -0.3 is 19.4 Å². The SMILES string of the molecule is COc1cc(O)cc2c(CO)c(C)oc(=O)c12. The van der Waals surface area contributed by atoms with Gasteiger partial charge in [0.05, 0.1) is 13.7 Å². The molecule has 90 valence electrons. The monoisotopic (exact) mass is 236 g/mol. The van der Waals surface area contributed by atoms with Crippen LogP contribution in [0.1, 0.15) is 11.3 Å². The number of aromatic hydroxyl groups is 1. The van der Waals surface area contributed by atoms with Gasteiger partial charge in [-0.3, -0.25) is 0 Å². The second-order valence-corrected chi connectivity index (χ2v) is 3.65. The maximum Gasteiger partial charge on any atom is 0.347 e. The Hall–Kier alpha value is -2.01. The fraction of sp³-hybridized carbons (Fsp3) is 0.250. The number of ether oxygens (including phenoxy) is 1. The predicted molar refractivity (Wildman–Crippen MR) is 61.4 cm³/mol. The van der Waals surface area contributed by atoms with Gasteiger partial charge in [-0.25, -0.2) is 4.79 Å². The summed E-state index contributed by atoms with van der Waals surface area (Å²) in [6.45, 7) is 1.31. The third-order valence-corrected chi connectivity index (χ3v) is 2.66. The lowest BCUT2D eigenvalue weighted by atomic mass is 10.1. The van der Waals surface area contributed by atoms with Crippen LogP contribution in [-0.2, 0) is 6.61 Å². The molecule has 0 radical (unpaired) electrons. The molecular weight excluding hydrogens is 224 g/mol. The first-order chi connectivity index (χ1) is 8.08. The first-order valence-electron chi connectivity index (χ1n) is 5.02. The highest BCUT2D eigenvalue weighted by atomic mass is 16.5. The Bertz CT molecular complexity index is 627. The molecule has 0 saturated carbocycles. The summed E-state index contributed by atoms with van der Waals surface area (Å²) in [6.07, 6.45) is 0. The molecule has 0 saturated heterocycles. The van der Waals surface area contributed by atoms with E-state index in [-0.39, 0.29) is 23.5 Å². The predicted octanol–water partition coefficient (Wildman–Crippen LogP) is 1.31. The fourth-order valence-corrected chi connectivity index (χ4v) is 1.85. The average molecular weight is 236 g/mol. The van der Waals surface area contributed by atoms with Gasteiger partial charge in [0.1, 0.15) is 22.6 Å². The van der Waals surface area contributed by atoms with Crippen LogP contribution in [0.15, 0.2) is 21.3 Å². The number of rotatable bonds is 2. The van der Waals surface area contributed by atoms with Crippen molar-refractivity contribution in [3.8, 4) is 11.5 Å². The van der Waals surface area contributed by atoms with Crippen molar-refractivity contribution in [2.24, 2.45) is 0 Å². The van der Waals surface area contributed by atoms with Gasteiger partial charge in [0.2, 0.25) is 0 Å². The summed E-state index contributed by atoms with van der Waals surface area (Å²) < 4.78 is 10.0. The molecule has 0 atom stereocenters. The van der Waals surface area contributed by atoms with Crippen LogP contribution in [0.2, 0.25) is 0 Å². The standard InChI is InChI=1S/C12H12O5/c1-6-9(5-13)8-3-7(14)4-10(16-2)11(8)12(15)17-6/h3-4,13-14H,5H2,1-2H3. The van der Waals surface area contributed by atoms with Crippen molar-refractivity contribution in [3.05, 3.63) is 33.9 Å². The van der Waals surface area contributed by atoms with Gasteiger partial charge in [-0.1, -0.05) is 0 Å². The number of methoxy groups -OCH3 is 1. The van der Waals surface area contributed by atoms with Crippen LogP contribution in [0.3, 0.4) is 0 Å². The molecule has 17 heavy (non-hydrogen) atoms. The molecule has 2 rings (SSSR count). The van der Waals surface area contributed by atoms with E-state index in [4.69, 9.17) is 9.15 Å². The number of hydrogen-bond donors (Lipinski definition) is 2. The Morgan fingerprint density at radius 3 is 2.71 bits per heavy atom. The molecule has 0 spiro atoms. The Balaban J connectivity index is 3.02. The van der Waals surface area contributed by atoms with Crippen molar-refractivity contribution >= 4 is 10.8 Å². The molecule has 0 bridgehead atoms. The van der Waals surface area contributed by atoms with Crippen molar-refractivity contribution in [1.82, 2.24) is 0 Å². The molecule has 5 nitrogen and oxygen atoms in total. The minimum atomic E-state index is -0.549. The van der Waals surface area contributed by atoms with Gasteiger partial charge in [-0.15, -0.1) is 0 Å². The van der Waals surface area contributed by atoms with Crippen LogP contribution in [0.4, 0.5) is 0 Å². The largest absolute Gasteiger partial charge is 0.508 e. The van der Waals surface area contributed by atoms with Gasteiger partial charge in [0, 0.05) is 17.0 Å². The number of fused-ring (bicyclic) bond motifs is 1. The maximum atomic E-state index is 11.7. The minimum absolute atomic E-state index is 0.0333. The molecule has 1 aromatic heterocycles. The third kappa shape index (κ3) is 1.74. The summed E-state index contributed by atoms with van der Waals surface area (Å²) in [5.74, 6) is 0.523. The summed E-state index contributed by atoms with van der Waals surface area (Å²) >= 11 is 0. The molecule has 1 aromatic carbocycles. The summed E-state index contributed by atoms with van der Waals surface area (Å²) in [7, 11) is 1.39. The highest BCUT2D eigenvalue weighted by Gasteiger charge is 2.15. The number of benzene rings is 1. The summed E-state index contributed by atoms with van der Waals surface area (Å²) in [6, 6.07) is 2.74. The number of hydrogen-bond acceptors (Lipinski definition) is 5. The molecule has 0 aliphatic carbocycles. The Morgan fingerprint density at radius 1 is 1.41 bits per heavy atom. The Labute approximate surface area is 96.9 Å². The second-order valence-electron chi connectivity index (χ2n) is 3.65. The summed E-state index contributed by atoms with van der Waals surface area (Å²) in [4.78, 5) is 11.7. The van der Waals surface area contributed by atoms with Gasteiger partial charge in [0.25, 0.3) is 0 Å². The Kier molecular flexibility index (Phi) is 2.77. The summed E-state index contributed by atoms with van der Waals surface area (Å²) in [5.41, 5.74) is -0.0830. The lowest BCUT2D eigenvalue weighted by Gasteiger charge is -2.09.